The number of carbonyl (C=O) groups excluding carboxylic acids is 1. The van der Waals surface area contributed by atoms with Gasteiger partial charge in [0, 0.05) is 15.5 Å². The molecule has 1 rings (SSSR count). The van der Waals surface area contributed by atoms with Crippen LogP contribution in [0.5, 0.6) is 0 Å². The molecule has 5 nitrogen and oxygen atoms in total. The monoisotopic (exact) mass is 364 g/mol. The van der Waals surface area contributed by atoms with Crippen LogP contribution in [0, 0.1) is 0 Å². The minimum atomic E-state index is -1.11. The summed E-state index contributed by atoms with van der Waals surface area (Å²) >= 11 is 6.40. The van der Waals surface area contributed by atoms with Crippen molar-refractivity contribution in [3.05, 3.63) is 26.6 Å². The highest BCUT2D eigenvalue weighted by atomic mass is 79.9. The lowest BCUT2D eigenvalue weighted by molar-refractivity contribution is 0.0698. The van der Waals surface area contributed by atoms with E-state index >= 15 is 0 Å². The summed E-state index contributed by atoms with van der Waals surface area (Å²) in [6.45, 7) is 2.23. The van der Waals surface area contributed by atoms with Crippen LogP contribution in [-0.4, -0.2) is 23.7 Å². The van der Waals surface area contributed by atoms with Gasteiger partial charge in [0.2, 0.25) is 0 Å². The molecule has 3 N–H and O–H groups in total. The molecule has 0 atom stereocenters. The fourth-order valence-electron chi connectivity index (χ4n) is 1.19. The first-order valence-electron chi connectivity index (χ1n) is 4.73. The first-order chi connectivity index (χ1) is 7.95. The number of urea groups is 1. The maximum atomic E-state index is 11.4. The number of aromatic carboxylic acids is 1. The second-order valence-electron chi connectivity index (χ2n) is 3.10. The zero-order valence-electron chi connectivity index (χ0n) is 8.88. The minimum absolute atomic E-state index is 0.0116. The molecular weight excluding hydrogens is 356 g/mol. The summed E-state index contributed by atoms with van der Waals surface area (Å²) in [5.74, 6) is -1.11. The summed E-state index contributed by atoms with van der Waals surface area (Å²) in [6, 6.07) is 2.64. The number of hydrogen-bond acceptors (Lipinski definition) is 2. The van der Waals surface area contributed by atoms with Gasteiger partial charge >= 0.3 is 12.0 Å². The van der Waals surface area contributed by atoms with Gasteiger partial charge in [-0.25, -0.2) is 9.59 Å². The molecule has 0 spiro atoms. The molecular formula is C10H10Br2N2O3. The van der Waals surface area contributed by atoms with Gasteiger partial charge in [-0.05, 0) is 35.0 Å². The lowest BCUT2D eigenvalue weighted by Gasteiger charge is -2.11. The summed E-state index contributed by atoms with van der Waals surface area (Å²) in [7, 11) is 0. The Morgan fingerprint density at radius 1 is 1.35 bits per heavy atom. The summed E-state index contributed by atoms with van der Waals surface area (Å²) in [4.78, 5) is 22.4. The average Bonchev–Trinajstić information content (AvgIpc) is 2.21. The maximum Gasteiger partial charge on any atom is 0.337 e. The van der Waals surface area contributed by atoms with Gasteiger partial charge < -0.3 is 15.7 Å². The van der Waals surface area contributed by atoms with Crippen molar-refractivity contribution in [3.63, 3.8) is 0 Å². The number of carboxylic acid groups (broad SMARTS) is 1. The second kappa shape index (κ2) is 6.02. The molecule has 7 heteroatoms. The Morgan fingerprint density at radius 3 is 2.53 bits per heavy atom. The summed E-state index contributed by atoms with van der Waals surface area (Å²) in [5, 5.41) is 14.1. The molecule has 2 amide bonds. The summed E-state index contributed by atoms with van der Waals surface area (Å²) in [6.07, 6.45) is 0. The molecule has 0 aliphatic carbocycles. The van der Waals surface area contributed by atoms with Gasteiger partial charge in [0.05, 0.1) is 11.3 Å². The van der Waals surface area contributed by atoms with Gasteiger partial charge in [-0.1, -0.05) is 15.9 Å². The van der Waals surface area contributed by atoms with Crippen LogP contribution in [0.3, 0.4) is 0 Å². The highest BCUT2D eigenvalue weighted by molar-refractivity contribution is 9.11. The van der Waals surface area contributed by atoms with E-state index in [4.69, 9.17) is 5.11 Å². The largest absolute Gasteiger partial charge is 0.478 e. The van der Waals surface area contributed by atoms with Crippen molar-refractivity contribution in [1.29, 1.82) is 0 Å². The molecule has 17 heavy (non-hydrogen) atoms. The first-order valence-corrected chi connectivity index (χ1v) is 6.31. The lowest BCUT2D eigenvalue weighted by Crippen LogP contribution is -2.29. The third kappa shape index (κ3) is 3.71. The number of hydrogen-bond donors (Lipinski definition) is 3. The van der Waals surface area contributed by atoms with Gasteiger partial charge in [-0.3, -0.25) is 0 Å². The fourth-order valence-corrected chi connectivity index (χ4v) is 2.51. The molecule has 0 unspecified atom stereocenters. The first kappa shape index (κ1) is 14.0. The van der Waals surface area contributed by atoms with E-state index in [0.717, 1.165) is 0 Å². The maximum absolute atomic E-state index is 11.4. The predicted octanol–water partition coefficient (Wildman–Crippen LogP) is 3.05. The number of benzene rings is 1. The third-order valence-corrected chi connectivity index (χ3v) is 2.94. The standard InChI is InChI=1S/C10H10Br2N2O3/c1-2-13-10(17)14-8-6(9(15)16)3-5(11)4-7(8)12/h3-4H,2H2,1H3,(H,15,16)(H2,13,14,17). The normalized spacial score (nSPS) is 9.82. The lowest BCUT2D eigenvalue weighted by atomic mass is 10.2. The van der Waals surface area contributed by atoms with Crippen LogP contribution in [0.4, 0.5) is 10.5 Å². The molecule has 0 aromatic heterocycles. The number of nitrogens with one attached hydrogen (secondary N) is 2. The van der Waals surface area contributed by atoms with Crippen LogP contribution in [0.25, 0.3) is 0 Å². The average molecular weight is 366 g/mol. The van der Waals surface area contributed by atoms with Crippen molar-refractivity contribution < 1.29 is 14.7 Å². The van der Waals surface area contributed by atoms with E-state index < -0.39 is 12.0 Å². The van der Waals surface area contributed by atoms with Crippen molar-refractivity contribution in [1.82, 2.24) is 5.32 Å². The van der Waals surface area contributed by atoms with E-state index in [1.165, 1.54) is 6.07 Å². The number of rotatable bonds is 3. The van der Waals surface area contributed by atoms with Crippen molar-refractivity contribution in [2.75, 3.05) is 11.9 Å². The zero-order chi connectivity index (χ0) is 13.0. The van der Waals surface area contributed by atoms with E-state index in [2.05, 4.69) is 42.5 Å². The number of amides is 2. The number of carbonyl (C=O) groups is 2. The molecule has 0 heterocycles. The third-order valence-electron chi connectivity index (χ3n) is 1.86. The van der Waals surface area contributed by atoms with Crippen molar-refractivity contribution >= 4 is 49.5 Å². The van der Waals surface area contributed by atoms with Gasteiger partial charge in [-0.15, -0.1) is 0 Å². The number of anilines is 1. The van der Waals surface area contributed by atoms with Gasteiger partial charge in [0.15, 0.2) is 0 Å². The Bertz CT molecular complexity index is 463. The Morgan fingerprint density at radius 2 is 2.00 bits per heavy atom. The number of carboxylic acids is 1. The summed E-state index contributed by atoms with van der Waals surface area (Å²) in [5.41, 5.74) is 0.240. The van der Waals surface area contributed by atoms with Gasteiger partial charge in [-0.2, -0.15) is 0 Å². The molecule has 0 saturated carbocycles. The molecule has 0 aliphatic rings. The van der Waals surface area contributed by atoms with Gasteiger partial charge in [0.1, 0.15) is 0 Å². The van der Waals surface area contributed by atoms with Gasteiger partial charge in [0.25, 0.3) is 0 Å². The Labute approximate surface area is 115 Å². The van der Waals surface area contributed by atoms with Crippen molar-refractivity contribution in [2.24, 2.45) is 0 Å². The van der Waals surface area contributed by atoms with E-state index in [-0.39, 0.29) is 11.3 Å². The smallest absolute Gasteiger partial charge is 0.337 e. The van der Waals surface area contributed by atoms with Crippen LogP contribution in [0.15, 0.2) is 21.1 Å². The molecule has 0 aliphatic heterocycles. The van der Waals surface area contributed by atoms with Crippen molar-refractivity contribution in [2.45, 2.75) is 6.92 Å². The van der Waals surface area contributed by atoms with Crippen LogP contribution in [0.2, 0.25) is 0 Å². The van der Waals surface area contributed by atoms with E-state index in [0.29, 0.717) is 15.5 Å². The second-order valence-corrected chi connectivity index (χ2v) is 4.87. The Kier molecular flexibility index (Phi) is 4.95. The van der Waals surface area contributed by atoms with Crippen LogP contribution >= 0.6 is 31.9 Å². The molecule has 92 valence electrons. The Hall–Kier alpha value is -1.08. The SMILES string of the molecule is CCNC(=O)Nc1c(Br)cc(Br)cc1C(=O)O. The summed E-state index contributed by atoms with van der Waals surface area (Å²) < 4.78 is 1.11. The molecule has 0 fully saturated rings. The predicted molar refractivity (Wildman–Crippen MR) is 71.5 cm³/mol. The highest BCUT2D eigenvalue weighted by Gasteiger charge is 2.16. The minimum Gasteiger partial charge on any atom is -0.478 e. The Balaban J connectivity index is 3.12. The molecule has 1 aromatic carbocycles. The topological polar surface area (TPSA) is 78.4 Å². The quantitative estimate of drug-likeness (QED) is 0.770. The number of halogens is 2. The van der Waals surface area contributed by atoms with Crippen LogP contribution < -0.4 is 10.6 Å². The zero-order valence-corrected chi connectivity index (χ0v) is 12.1. The molecule has 1 aromatic rings. The molecule has 0 saturated heterocycles. The van der Waals surface area contributed by atoms with E-state index in [1.807, 2.05) is 0 Å². The van der Waals surface area contributed by atoms with E-state index in [9.17, 15) is 9.59 Å². The molecule has 0 bridgehead atoms. The fraction of sp³-hybridized carbons (Fsp3) is 0.200. The van der Waals surface area contributed by atoms with Crippen molar-refractivity contribution in [3.8, 4) is 0 Å². The van der Waals surface area contributed by atoms with Crippen LogP contribution in [-0.2, 0) is 0 Å². The molecule has 0 radical (unpaired) electrons. The highest BCUT2D eigenvalue weighted by Crippen LogP contribution is 2.30. The van der Waals surface area contributed by atoms with Crippen LogP contribution in [0.1, 0.15) is 17.3 Å². The van der Waals surface area contributed by atoms with E-state index in [1.54, 1.807) is 13.0 Å².